The number of hydrogen-bond donors (Lipinski definition) is 0. The molecule has 36 heavy (non-hydrogen) atoms. The van der Waals surface area contributed by atoms with Crippen molar-refractivity contribution in [3.8, 4) is 5.75 Å². The molecule has 0 fully saturated rings. The third kappa shape index (κ3) is 12.3. The topological polar surface area (TPSA) is 52.6 Å². The van der Waals surface area contributed by atoms with Crippen LogP contribution in [0, 0.1) is 5.82 Å². The van der Waals surface area contributed by atoms with E-state index in [1.54, 1.807) is 12.1 Å². The van der Waals surface area contributed by atoms with Gasteiger partial charge in [-0.1, -0.05) is 115 Å². The lowest BCUT2D eigenvalue weighted by atomic mass is 10.0. The van der Waals surface area contributed by atoms with Crippen molar-refractivity contribution >= 4 is 11.9 Å². The van der Waals surface area contributed by atoms with Crippen LogP contribution in [-0.2, 0) is 4.74 Å². The predicted molar refractivity (Wildman–Crippen MR) is 143 cm³/mol. The van der Waals surface area contributed by atoms with E-state index in [-0.39, 0.29) is 16.9 Å². The number of halogens is 1. The maximum Gasteiger partial charge on any atom is 0.344 e. The molecule has 0 aromatic heterocycles. The molecule has 0 aliphatic heterocycles. The number of benzene rings is 2. The van der Waals surface area contributed by atoms with Gasteiger partial charge in [-0.15, -0.1) is 0 Å². The molecule has 0 aliphatic rings. The summed E-state index contributed by atoms with van der Waals surface area (Å²) in [6.45, 7) is 2.58. The molecule has 0 N–H and O–H groups in total. The van der Waals surface area contributed by atoms with Crippen molar-refractivity contribution in [3.63, 3.8) is 0 Å². The van der Waals surface area contributed by atoms with E-state index in [2.05, 4.69) is 6.92 Å². The van der Waals surface area contributed by atoms with Gasteiger partial charge in [0.15, 0.2) is 0 Å². The van der Waals surface area contributed by atoms with Gasteiger partial charge in [-0.2, -0.15) is 0 Å². The SMILES string of the molecule is CCCCCCCCCCCCCCCCCOC(=O)c1ccccc1C(=O)Oc1cccc(F)c1. The molecule has 0 bridgehead atoms. The quantitative estimate of drug-likeness (QED) is 0.110. The monoisotopic (exact) mass is 498 g/mol. The van der Waals surface area contributed by atoms with Crippen LogP contribution in [0.15, 0.2) is 48.5 Å². The van der Waals surface area contributed by atoms with E-state index in [9.17, 15) is 14.0 Å². The van der Waals surface area contributed by atoms with Crippen LogP contribution in [0.3, 0.4) is 0 Å². The summed E-state index contributed by atoms with van der Waals surface area (Å²) in [6.07, 6.45) is 19.1. The third-order valence-electron chi connectivity index (χ3n) is 6.35. The van der Waals surface area contributed by atoms with Gasteiger partial charge in [0.05, 0.1) is 17.7 Å². The molecule has 2 rings (SSSR count). The first kappa shape index (κ1) is 29.5. The number of carbonyl (C=O) groups is 2. The van der Waals surface area contributed by atoms with Crippen LogP contribution >= 0.6 is 0 Å². The second kappa shape index (κ2) is 18.6. The second-order valence-corrected chi connectivity index (χ2v) is 9.48. The van der Waals surface area contributed by atoms with Crippen LogP contribution in [0.5, 0.6) is 5.75 Å². The molecule has 4 nitrogen and oxygen atoms in total. The van der Waals surface area contributed by atoms with Crippen molar-refractivity contribution in [2.75, 3.05) is 6.61 Å². The van der Waals surface area contributed by atoms with E-state index in [1.807, 2.05) is 0 Å². The molecule has 0 radical (unpaired) electrons. The molecule has 0 unspecified atom stereocenters. The minimum atomic E-state index is -0.722. The Morgan fingerprint density at radius 3 is 1.67 bits per heavy atom. The Balaban J connectivity index is 1.54. The largest absolute Gasteiger partial charge is 0.462 e. The maximum atomic E-state index is 13.3. The smallest absolute Gasteiger partial charge is 0.344 e. The number of unbranched alkanes of at least 4 members (excludes halogenated alkanes) is 14. The molecule has 0 spiro atoms. The highest BCUT2D eigenvalue weighted by Gasteiger charge is 2.19. The molecule has 198 valence electrons. The number of esters is 2. The maximum absolute atomic E-state index is 13.3. The van der Waals surface area contributed by atoms with Crippen molar-refractivity contribution in [3.05, 3.63) is 65.5 Å². The van der Waals surface area contributed by atoms with Crippen molar-refractivity contribution in [2.45, 2.75) is 103 Å². The fourth-order valence-electron chi connectivity index (χ4n) is 4.25. The van der Waals surface area contributed by atoms with Gasteiger partial charge in [-0.05, 0) is 30.7 Å². The van der Waals surface area contributed by atoms with E-state index < -0.39 is 17.8 Å². The van der Waals surface area contributed by atoms with Crippen LogP contribution in [-0.4, -0.2) is 18.5 Å². The average Bonchev–Trinajstić information content (AvgIpc) is 2.88. The van der Waals surface area contributed by atoms with E-state index in [0.717, 1.165) is 25.3 Å². The lowest BCUT2D eigenvalue weighted by Gasteiger charge is -2.10. The summed E-state index contributed by atoms with van der Waals surface area (Å²) < 4.78 is 24.0. The summed E-state index contributed by atoms with van der Waals surface area (Å²) in [4.78, 5) is 25.1. The standard InChI is InChI=1S/C31H43FO4/c1-2-3-4-5-6-7-8-9-10-11-12-13-14-15-18-24-35-30(33)28-22-16-17-23-29(28)31(34)36-27-21-19-20-26(32)25-27/h16-17,19-23,25H,2-15,18,24H2,1H3. The zero-order valence-corrected chi connectivity index (χ0v) is 21.9. The summed E-state index contributed by atoms with van der Waals surface area (Å²) in [7, 11) is 0. The average molecular weight is 499 g/mol. The highest BCUT2D eigenvalue weighted by molar-refractivity contribution is 6.03. The van der Waals surface area contributed by atoms with E-state index in [0.29, 0.717) is 6.61 Å². The van der Waals surface area contributed by atoms with Gasteiger partial charge >= 0.3 is 11.9 Å². The zero-order valence-electron chi connectivity index (χ0n) is 21.9. The Kier molecular flexibility index (Phi) is 15.2. The normalized spacial score (nSPS) is 10.8. The van der Waals surface area contributed by atoms with E-state index in [4.69, 9.17) is 9.47 Å². The minimum Gasteiger partial charge on any atom is -0.462 e. The van der Waals surface area contributed by atoms with Gasteiger partial charge in [0, 0.05) is 6.07 Å². The molecule has 0 atom stereocenters. The lowest BCUT2D eigenvalue weighted by molar-refractivity contribution is 0.0489. The van der Waals surface area contributed by atoms with Crippen molar-refractivity contribution < 1.29 is 23.5 Å². The molecule has 2 aromatic carbocycles. The lowest BCUT2D eigenvalue weighted by Crippen LogP contribution is -2.16. The van der Waals surface area contributed by atoms with Crippen molar-refractivity contribution in [2.24, 2.45) is 0 Å². The fraction of sp³-hybridized carbons (Fsp3) is 0.548. The number of carbonyl (C=O) groups excluding carboxylic acids is 2. The first-order valence-electron chi connectivity index (χ1n) is 13.9. The first-order chi connectivity index (χ1) is 17.6. The summed E-state index contributed by atoms with van der Waals surface area (Å²) in [6, 6.07) is 11.7. The van der Waals surface area contributed by atoms with Gasteiger partial charge in [0.1, 0.15) is 11.6 Å². The van der Waals surface area contributed by atoms with Crippen LogP contribution in [0.4, 0.5) is 4.39 Å². The Bertz CT molecular complexity index is 896. The van der Waals surface area contributed by atoms with Crippen molar-refractivity contribution in [1.29, 1.82) is 0 Å². The summed E-state index contributed by atoms with van der Waals surface area (Å²) in [5.74, 6) is -1.69. The Morgan fingerprint density at radius 2 is 1.14 bits per heavy atom. The Labute approximate surface area is 216 Å². The zero-order chi connectivity index (χ0) is 25.8. The molecule has 0 amide bonds. The van der Waals surface area contributed by atoms with Crippen molar-refractivity contribution in [1.82, 2.24) is 0 Å². The molecule has 0 saturated heterocycles. The highest BCUT2D eigenvalue weighted by atomic mass is 19.1. The Hall–Kier alpha value is -2.69. The van der Waals surface area contributed by atoms with Crippen LogP contribution in [0.25, 0.3) is 0 Å². The van der Waals surface area contributed by atoms with Gasteiger partial charge in [0.25, 0.3) is 0 Å². The van der Waals surface area contributed by atoms with Gasteiger partial charge in [-0.3, -0.25) is 0 Å². The number of rotatable bonds is 19. The van der Waals surface area contributed by atoms with Gasteiger partial charge in [-0.25, -0.2) is 14.0 Å². The third-order valence-corrected chi connectivity index (χ3v) is 6.35. The van der Waals surface area contributed by atoms with Crippen LogP contribution in [0.1, 0.15) is 124 Å². The highest BCUT2D eigenvalue weighted by Crippen LogP contribution is 2.18. The fourth-order valence-corrected chi connectivity index (χ4v) is 4.25. The van der Waals surface area contributed by atoms with Crippen LogP contribution in [0.2, 0.25) is 0 Å². The predicted octanol–water partition coefficient (Wildman–Crippen LogP) is 9.07. The second-order valence-electron chi connectivity index (χ2n) is 9.48. The molecule has 0 heterocycles. The molecule has 5 heteroatoms. The molecular weight excluding hydrogens is 455 g/mol. The van der Waals surface area contributed by atoms with E-state index in [1.165, 1.54) is 107 Å². The summed E-state index contributed by atoms with van der Waals surface area (Å²) in [5.41, 5.74) is 0.253. The summed E-state index contributed by atoms with van der Waals surface area (Å²) >= 11 is 0. The molecule has 0 saturated carbocycles. The molecular formula is C31H43FO4. The Morgan fingerprint density at radius 1 is 0.639 bits per heavy atom. The minimum absolute atomic E-state index is 0.0842. The molecule has 0 aliphatic carbocycles. The summed E-state index contributed by atoms with van der Waals surface area (Å²) in [5, 5.41) is 0. The van der Waals surface area contributed by atoms with E-state index >= 15 is 0 Å². The first-order valence-corrected chi connectivity index (χ1v) is 13.9. The van der Waals surface area contributed by atoms with Crippen LogP contribution < -0.4 is 4.74 Å². The number of hydrogen-bond acceptors (Lipinski definition) is 4. The van der Waals surface area contributed by atoms with Gasteiger partial charge < -0.3 is 9.47 Å². The molecule has 2 aromatic rings. The number of ether oxygens (including phenoxy) is 2. The van der Waals surface area contributed by atoms with Gasteiger partial charge in [0.2, 0.25) is 0 Å².